The SMILES string of the molecule is NNC(=O)CN1CCC(N2CCCCC2)CC1. The normalized spacial score (nSPS) is 24.8. The Balaban J connectivity index is 1.71. The third-order valence-electron chi connectivity index (χ3n) is 3.99. The summed E-state index contributed by atoms with van der Waals surface area (Å²) < 4.78 is 0. The van der Waals surface area contributed by atoms with Gasteiger partial charge in [-0.25, -0.2) is 5.84 Å². The fraction of sp³-hybridized carbons (Fsp3) is 0.917. The van der Waals surface area contributed by atoms with Crippen LogP contribution in [0.5, 0.6) is 0 Å². The second-order valence-corrected chi connectivity index (χ2v) is 5.17. The van der Waals surface area contributed by atoms with Crippen molar-refractivity contribution in [1.29, 1.82) is 0 Å². The monoisotopic (exact) mass is 240 g/mol. The molecule has 2 fully saturated rings. The largest absolute Gasteiger partial charge is 0.300 e. The predicted molar refractivity (Wildman–Crippen MR) is 67.2 cm³/mol. The van der Waals surface area contributed by atoms with Gasteiger partial charge in [-0.15, -0.1) is 0 Å². The maximum Gasteiger partial charge on any atom is 0.248 e. The second-order valence-electron chi connectivity index (χ2n) is 5.17. The third kappa shape index (κ3) is 3.66. The van der Waals surface area contributed by atoms with Gasteiger partial charge < -0.3 is 4.90 Å². The Morgan fingerprint density at radius 3 is 2.35 bits per heavy atom. The van der Waals surface area contributed by atoms with Crippen molar-refractivity contribution < 1.29 is 4.79 Å². The molecule has 2 saturated heterocycles. The molecule has 0 aromatic carbocycles. The first kappa shape index (κ1) is 12.8. The average molecular weight is 240 g/mol. The minimum atomic E-state index is -0.0820. The minimum Gasteiger partial charge on any atom is -0.300 e. The number of rotatable bonds is 3. The van der Waals surface area contributed by atoms with Gasteiger partial charge in [0, 0.05) is 19.1 Å². The van der Waals surface area contributed by atoms with Crippen LogP contribution in [-0.4, -0.2) is 54.5 Å². The summed E-state index contributed by atoms with van der Waals surface area (Å²) in [6.45, 7) is 5.04. The van der Waals surface area contributed by atoms with Crippen LogP contribution in [0.3, 0.4) is 0 Å². The highest BCUT2D eigenvalue weighted by atomic mass is 16.2. The van der Waals surface area contributed by atoms with Crippen LogP contribution >= 0.6 is 0 Å². The number of nitrogens with one attached hydrogen (secondary N) is 1. The van der Waals surface area contributed by atoms with Crippen LogP contribution in [0, 0.1) is 0 Å². The number of nitrogens with two attached hydrogens (primary N) is 1. The van der Waals surface area contributed by atoms with E-state index >= 15 is 0 Å². The van der Waals surface area contributed by atoms with Crippen LogP contribution < -0.4 is 11.3 Å². The Morgan fingerprint density at radius 2 is 1.76 bits per heavy atom. The standard InChI is InChI=1S/C12H24N4O/c13-14-12(17)10-15-8-4-11(5-9-15)16-6-2-1-3-7-16/h11H,1-10,13H2,(H,14,17). The summed E-state index contributed by atoms with van der Waals surface area (Å²) in [4.78, 5) is 16.0. The molecule has 0 spiro atoms. The highest BCUT2D eigenvalue weighted by Crippen LogP contribution is 2.20. The van der Waals surface area contributed by atoms with Gasteiger partial charge in [0.05, 0.1) is 6.54 Å². The third-order valence-corrected chi connectivity index (χ3v) is 3.99. The molecule has 0 radical (unpaired) electrons. The lowest BCUT2D eigenvalue weighted by Gasteiger charge is -2.40. The number of likely N-dealkylation sites (tertiary alicyclic amines) is 2. The van der Waals surface area contributed by atoms with Crippen molar-refractivity contribution in [3.8, 4) is 0 Å². The van der Waals surface area contributed by atoms with E-state index in [9.17, 15) is 4.79 Å². The summed E-state index contributed by atoms with van der Waals surface area (Å²) in [5.41, 5.74) is 2.20. The van der Waals surface area contributed by atoms with E-state index in [-0.39, 0.29) is 5.91 Å². The van der Waals surface area contributed by atoms with E-state index in [4.69, 9.17) is 5.84 Å². The van der Waals surface area contributed by atoms with Gasteiger partial charge in [-0.3, -0.25) is 15.1 Å². The molecule has 17 heavy (non-hydrogen) atoms. The lowest BCUT2D eigenvalue weighted by atomic mass is 10.00. The Morgan fingerprint density at radius 1 is 1.12 bits per heavy atom. The summed E-state index contributed by atoms with van der Waals surface area (Å²) in [6.07, 6.45) is 6.49. The van der Waals surface area contributed by atoms with E-state index in [1.165, 1.54) is 45.2 Å². The van der Waals surface area contributed by atoms with Gasteiger partial charge in [0.2, 0.25) is 5.91 Å². The fourth-order valence-electron chi connectivity index (χ4n) is 2.97. The number of carbonyl (C=O) groups excluding carboxylic acids is 1. The van der Waals surface area contributed by atoms with Crippen molar-refractivity contribution in [3.63, 3.8) is 0 Å². The summed E-state index contributed by atoms with van der Waals surface area (Å²) in [5, 5.41) is 0. The van der Waals surface area contributed by atoms with Gasteiger partial charge in [0.25, 0.3) is 0 Å². The molecule has 0 aliphatic carbocycles. The fourth-order valence-corrected chi connectivity index (χ4v) is 2.97. The Hall–Kier alpha value is -0.650. The molecule has 2 heterocycles. The highest BCUT2D eigenvalue weighted by Gasteiger charge is 2.25. The molecule has 5 heteroatoms. The molecular formula is C12H24N4O. The average Bonchev–Trinajstić information content (AvgIpc) is 2.40. The molecule has 2 aliphatic heterocycles. The first-order chi connectivity index (χ1) is 8.29. The molecule has 1 amide bonds. The summed E-state index contributed by atoms with van der Waals surface area (Å²) in [6, 6.07) is 0.743. The van der Waals surface area contributed by atoms with Crippen LogP contribution in [0.2, 0.25) is 0 Å². The number of hydrogen-bond donors (Lipinski definition) is 2. The smallest absolute Gasteiger partial charge is 0.248 e. The van der Waals surface area contributed by atoms with E-state index in [0.29, 0.717) is 6.54 Å². The zero-order valence-corrected chi connectivity index (χ0v) is 10.5. The first-order valence-corrected chi connectivity index (χ1v) is 6.75. The molecule has 3 N–H and O–H groups in total. The summed E-state index contributed by atoms with van der Waals surface area (Å²) in [7, 11) is 0. The van der Waals surface area contributed by atoms with Crippen LogP contribution in [-0.2, 0) is 4.79 Å². The predicted octanol–water partition coefficient (Wildman–Crippen LogP) is -0.0734. The molecule has 0 saturated carbocycles. The van der Waals surface area contributed by atoms with Gasteiger partial charge in [-0.05, 0) is 38.8 Å². The number of hydrogen-bond acceptors (Lipinski definition) is 4. The van der Waals surface area contributed by atoms with Gasteiger partial charge in [0.1, 0.15) is 0 Å². The number of hydrazine groups is 1. The molecule has 98 valence electrons. The zero-order valence-electron chi connectivity index (χ0n) is 10.5. The lowest BCUT2D eigenvalue weighted by molar-refractivity contribution is -0.122. The number of piperidine rings is 2. The molecule has 0 aromatic heterocycles. The Bertz CT molecular complexity index is 245. The van der Waals surface area contributed by atoms with Gasteiger partial charge >= 0.3 is 0 Å². The number of carbonyl (C=O) groups is 1. The molecule has 0 unspecified atom stereocenters. The van der Waals surface area contributed by atoms with Crippen LogP contribution in [0.15, 0.2) is 0 Å². The van der Waals surface area contributed by atoms with E-state index in [0.717, 1.165) is 19.1 Å². The zero-order chi connectivity index (χ0) is 12.1. The quantitative estimate of drug-likeness (QED) is 0.412. The van der Waals surface area contributed by atoms with Gasteiger partial charge in [-0.2, -0.15) is 0 Å². The van der Waals surface area contributed by atoms with Crippen molar-refractivity contribution >= 4 is 5.91 Å². The molecule has 2 aliphatic rings. The number of amides is 1. The van der Waals surface area contributed by atoms with Crippen molar-refractivity contribution in [3.05, 3.63) is 0 Å². The van der Waals surface area contributed by atoms with Crippen LogP contribution in [0.25, 0.3) is 0 Å². The molecule has 0 bridgehead atoms. The number of nitrogens with zero attached hydrogens (tertiary/aromatic N) is 2. The van der Waals surface area contributed by atoms with E-state index in [2.05, 4.69) is 15.2 Å². The van der Waals surface area contributed by atoms with Crippen LogP contribution in [0.4, 0.5) is 0 Å². The highest BCUT2D eigenvalue weighted by molar-refractivity contribution is 5.77. The maximum atomic E-state index is 11.2. The lowest BCUT2D eigenvalue weighted by Crippen LogP contribution is -2.49. The Labute approximate surface area is 103 Å². The topological polar surface area (TPSA) is 61.6 Å². The van der Waals surface area contributed by atoms with E-state index in [1.807, 2.05) is 0 Å². The maximum absolute atomic E-state index is 11.2. The van der Waals surface area contributed by atoms with E-state index in [1.54, 1.807) is 0 Å². The Kier molecular flexibility index (Phi) is 4.76. The van der Waals surface area contributed by atoms with Crippen molar-refractivity contribution in [2.75, 3.05) is 32.7 Å². The van der Waals surface area contributed by atoms with Crippen molar-refractivity contribution in [2.45, 2.75) is 38.1 Å². The second kappa shape index (κ2) is 6.33. The van der Waals surface area contributed by atoms with Gasteiger partial charge in [-0.1, -0.05) is 6.42 Å². The molecule has 0 aromatic rings. The van der Waals surface area contributed by atoms with Crippen LogP contribution in [0.1, 0.15) is 32.1 Å². The van der Waals surface area contributed by atoms with Crippen molar-refractivity contribution in [2.24, 2.45) is 5.84 Å². The summed E-state index contributed by atoms with van der Waals surface area (Å²) in [5.74, 6) is 5.02. The minimum absolute atomic E-state index is 0.0820. The molecule has 2 rings (SSSR count). The van der Waals surface area contributed by atoms with E-state index < -0.39 is 0 Å². The summed E-state index contributed by atoms with van der Waals surface area (Å²) >= 11 is 0. The van der Waals surface area contributed by atoms with Gasteiger partial charge in [0.15, 0.2) is 0 Å². The first-order valence-electron chi connectivity index (χ1n) is 6.75. The molecule has 0 atom stereocenters. The molecular weight excluding hydrogens is 216 g/mol. The molecule has 5 nitrogen and oxygen atoms in total. The van der Waals surface area contributed by atoms with Crippen molar-refractivity contribution in [1.82, 2.24) is 15.2 Å².